The van der Waals surface area contributed by atoms with E-state index in [0.29, 0.717) is 21.5 Å². The predicted molar refractivity (Wildman–Crippen MR) is 88.8 cm³/mol. The standard InChI is InChI=1S/C16H15BrN2O4/c1-10-3-5-12(23-10)6-8-15(20)18-19-16(21)11-4-7-14(22-2)13(17)9-11/h3-9H,1-2H3,(H,18,20)(H,19,21)/b8-6+. The molecule has 2 amide bonds. The van der Waals surface area contributed by atoms with Crippen LogP contribution in [0.1, 0.15) is 21.9 Å². The van der Waals surface area contributed by atoms with Gasteiger partial charge in [0.1, 0.15) is 17.3 Å². The van der Waals surface area contributed by atoms with Gasteiger partial charge in [-0.3, -0.25) is 20.4 Å². The van der Waals surface area contributed by atoms with Crippen LogP contribution in [0.25, 0.3) is 6.08 Å². The monoisotopic (exact) mass is 378 g/mol. The Morgan fingerprint density at radius 2 is 2.00 bits per heavy atom. The van der Waals surface area contributed by atoms with E-state index in [-0.39, 0.29) is 0 Å². The summed E-state index contributed by atoms with van der Waals surface area (Å²) in [7, 11) is 1.53. The van der Waals surface area contributed by atoms with Crippen molar-refractivity contribution in [1.29, 1.82) is 0 Å². The Balaban J connectivity index is 1.89. The SMILES string of the molecule is COc1ccc(C(=O)NNC(=O)/C=C/c2ccc(C)o2)cc1Br. The fourth-order valence-electron chi connectivity index (χ4n) is 1.74. The first kappa shape index (κ1) is 16.8. The molecule has 2 N–H and O–H groups in total. The molecule has 120 valence electrons. The zero-order chi connectivity index (χ0) is 16.8. The Bertz CT molecular complexity index is 752. The van der Waals surface area contributed by atoms with Gasteiger partial charge in [0.15, 0.2) is 0 Å². The van der Waals surface area contributed by atoms with Gasteiger partial charge in [-0.1, -0.05) is 0 Å². The van der Waals surface area contributed by atoms with Gasteiger partial charge in [0.2, 0.25) is 0 Å². The van der Waals surface area contributed by atoms with Crippen molar-refractivity contribution < 1.29 is 18.7 Å². The molecular formula is C16H15BrN2O4. The van der Waals surface area contributed by atoms with Gasteiger partial charge in [-0.25, -0.2) is 0 Å². The van der Waals surface area contributed by atoms with Crippen molar-refractivity contribution in [2.45, 2.75) is 6.92 Å². The van der Waals surface area contributed by atoms with E-state index >= 15 is 0 Å². The molecule has 0 fully saturated rings. The average molecular weight is 379 g/mol. The van der Waals surface area contributed by atoms with Crippen molar-refractivity contribution in [3.8, 4) is 5.75 Å². The Morgan fingerprint density at radius 1 is 1.22 bits per heavy atom. The minimum atomic E-state index is -0.472. The second-order valence-electron chi connectivity index (χ2n) is 4.57. The molecular weight excluding hydrogens is 364 g/mol. The van der Waals surface area contributed by atoms with Crippen LogP contribution in [0.5, 0.6) is 5.75 Å². The highest BCUT2D eigenvalue weighted by Gasteiger charge is 2.09. The molecule has 2 aromatic rings. The Labute approximate surface area is 141 Å². The smallest absolute Gasteiger partial charge is 0.269 e. The molecule has 1 aromatic heterocycles. The number of aryl methyl sites for hydroxylation is 1. The Morgan fingerprint density at radius 3 is 2.61 bits per heavy atom. The molecule has 23 heavy (non-hydrogen) atoms. The molecule has 0 saturated carbocycles. The number of rotatable bonds is 4. The van der Waals surface area contributed by atoms with Crippen LogP contribution in [0.15, 0.2) is 45.3 Å². The van der Waals surface area contributed by atoms with Gasteiger partial charge in [0.05, 0.1) is 11.6 Å². The van der Waals surface area contributed by atoms with Crippen molar-refractivity contribution in [2.24, 2.45) is 0 Å². The topological polar surface area (TPSA) is 80.6 Å². The van der Waals surface area contributed by atoms with Crippen molar-refractivity contribution in [3.63, 3.8) is 0 Å². The van der Waals surface area contributed by atoms with Crippen LogP contribution in [0.3, 0.4) is 0 Å². The van der Waals surface area contributed by atoms with Crippen molar-refractivity contribution in [1.82, 2.24) is 10.9 Å². The summed E-state index contributed by atoms with van der Waals surface area (Å²) in [5.41, 5.74) is 4.99. The second-order valence-corrected chi connectivity index (χ2v) is 5.43. The first-order chi connectivity index (χ1) is 11.0. The van der Waals surface area contributed by atoms with Crippen LogP contribution < -0.4 is 15.6 Å². The molecule has 0 spiro atoms. The number of amides is 2. The molecule has 2 rings (SSSR count). The molecule has 7 heteroatoms. The second kappa shape index (κ2) is 7.64. The van der Waals surface area contributed by atoms with E-state index in [1.54, 1.807) is 30.3 Å². The third-order valence-corrected chi connectivity index (χ3v) is 3.49. The number of hydrazine groups is 1. The minimum Gasteiger partial charge on any atom is -0.496 e. The van der Waals surface area contributed by atoms with Crippen molar-refractivity contribution >= 4 is 33.8 Å². The van der Waals surface area contributed by atoms with E-state index in [1.165, 1.54) is 19.3 Å². The van der Waals surface area contributed by atoms with E-state index in [1.807, 2.05) is 6.92 Å². The van der Waals surface area contributed by atoms with Crippen LogP contribution >= 0.6 is 15.9 Å². The third kappa shape index (κ3) is 4.72. The van der Waals surface area contributed by atoms with Crippen LogP contribution in [-0.2, 0) is 4.79 Å². The summed E-state index contributed by atoms with van der Waals surface area (Å²) in [6, 6.07) is 8.38. The lowest BCUT2D eigenvalue weighted by Crippen LogP contribution is -2.40. The van der Waals surface area contributed by atoms with Gasteiger partial charge in [0, 0.05) is 11.6 Å². The molecule has 0 aliphatic carbocycles. The van der Waals surface area contributed by atoms with Gasteiger partial charge in [-0.15, -0.1) is 0 Å². The van der Waals surface area contributed by atoms with Gasteiger partial charge < -0.3 is 9.15 Å². The van der Waals surface area contributed by atoms with E-state index in [9.17, 15) is 9.59 Å². The summed E-state index contributed by atoms with van der Waals surface area (Å²) < 4.78 is 11.0. The van der Waals surface area contributed by atoms with E-state index in [2.05, 4.69) is 26.8 Å². The zero-order valence-corrected chi connectivity index (χ0v) is 14.1. The maximum atomic E-state index is 11.9. The first-order valence-corrected chi connectivity index (χ1v) is 7.47. The first-order valence-electron chi connectivity index (χ1n) is 6.68. The average Bonchev–Trinajstić information content (AvgIpc) is 2.96. The summed E-state index contributed by atoms with van der Waals surface area (Å²) in [6.45, 7) is 1.81. The summed E-state index contributed by atoms with van der Waals surface area (Å²) in [6.07, 6.45) is 2.78. The molecule has 0 unspecified atom stereocenters. The summed E-state index contributed by atoms with van der Waals surface area (Å²) >= 11 is 3.29. The van der Waals surface area contributed by atoms with Gasteiger partial charge >= 0.3 is 0 Å². The fourth-order valence-corrected chi connectivity index (χ4v) is 2.28. The number of ether oxygens (including phenoxy) is 1. The molecule has 6 nitrogen and oxygen atoms in total. The zero-order valence-electron chi connectivity index (χ0n) is 12.6. The minimum absolute atomic E-state index is 0.378. The number of benzene rings is 1. The highest BCUT2D eigenvalue weighted by molar-refractivity contribution is 9.10. The van der Waals surface area contributed by atoms with Crippen LogP contribution in [0.2, 0.25) is 0 Å². The molecule has 1 heterocycles. The van der Waals surface area contributed by atoms with Crippen molar-refractivity contribution in [2.75, 3.05) is 7.11 Å². The number of carbonyl (C=O) groups excluding carboxylic acids is 2. The predicted octanol–water partition coefficient (Wildman–Crippen LogP) is 2.83. The number of halogens is 1. The maximum absolute atomic E-state index is 11.9. The number of carbonyl (C=O) groups is 2. The largest absolute Gasteiger partial charge is 0.496 e. The Hall–Kier alpha value is -2.54. The number of nitrogens with one attached hydrogen (secondary N) is 2. The normalized spacial score (nSPS) is 10.6. The molecule has 0 bridgehead atoms. The van der Waals surface area contributed by atoms with Crippen LogP contribution in [0, 0.1) is 6.92 Å². The quantitative estimate of drug-likeness (QED) is 0.633. The maximum Gasteiger partial charge on any atom is 0.269 e. The lowest BCUT2D eigenvalue weighted by Gasteiger charge is -2.07. The molecule has 0 radical (unpaired) electrons. The summed E-state index contributed by atoms with van der Waals surface area (Å²) in [5.74, 6) is 1.01. The molecule has 0 aliphatic heterocycles. The highest BCUT2D eigenvalue weighted by Crippen LogP contribution is 2.25. The third-order valence-electron chi connectivity index (χ3n) is 2.87. The molecule has 0 aliphatic rings. The van der Waals surface area contributed by atoms with E-state index in [4.69, 9.17) is 9.15 Å². The molecule has 0 atom stereocenters. The van der Waals surface area contributed by atoms with E-state index < -0.39 is 11.8 Å². The molecule has 1 aromatic carbocycles. The van der Waals surface area contributed by atoms with Crippen LogP contribution in [-0.4, -0.2) is 18.9 Å². The number of methoxy groups -OCH3 is 1. The van der Waals surface area contributed by atoms with Gasteiger partial charge in [0.25, 0.3) is 11.8 Å². The lowest BCUT2D eigenvalue weighted by molar-refractivity contribution is -0.117. The van der Waals surface area contributed by atoms with Gasteiger partial charge in [-0.2, -0.15) is 0 Å². The van der Waals surface area contributed by atoms with Crippen LogP contribution in [0.4, 0.5) is 0 Å². The number of hydrogen-bond donors (Lipinski definition) is 2. The lowest BCUT2D eigenvalue weighted by atomic mass is 10.2. The summed E-state index contributed by atoms with van der Waals surface area (Å²) in [4.78, 5) is 23.6. The Kier molecular flexibility index (Phi) is 5.59. The summed E-state index contributed by atoms with van der Waals surface area (Å²) in [5, 5.41) is 0. The number of hydrogen-bond acceptors (Lipinski definition) is 4. The van der Waals surface area contributed by atoms with E-state index in [0.717, 1.165) is 5.76 Å². The highest BCUT2D eigenvalue weighted by atomic mass is 79.9. The fraction of sp³-hybridized carbons (Fsp3) is 0.125. The van der Waals surface area contributed by atoms with Crippen molar-refractivity contribution in [3.05, 3.63) is 58.0 Å². The molecule has 0 saturated heterocycles. The van der Waals surface area contributed by atoms with Gasteiger partial charge in [-0.05, 0) is 59.3 Å². The number of furan rings is 1.